The van der Waals surface area contributed by atoms with Gasteiger partial charge in [-0.1, -0.05) is 6.07 Å². The van der Waals surface area contributed by atoms with E-state index in [4.69, 9.17) is 5.73 Å². The third-order valence-corrected chi connectivity index (χ3v) is 5.34. The summed E-state index contributed by atoms with van der Waals surface area (Å²) in [4.78, 5) is 1.25. The van der Waals surface area contributed by atoms with E-state index in [1.807, 2.05) is 6.07 Å². The lowest BCUT2D eigenvalue weighted by molar-refractivity contribution is 0.0800. The van der Waals surface area contributed by atoms with Crippen molar-refractivity contribution >= 4 is 11.3 Å². The number of nitrogens with two attached hydrogens (primary N) is 1. The second kappa shape index (κ2) is 4.13. The van der Waals surface area contributed by atoms with Crippen molar-refractivity contribution in [3.8, 4) is 0 Å². The second-order valence-corrected chi connectivity index (χ2v) is 6.31. The summed E-state index contributed by atoms with van der Waals surface area (Å²) in [5.74, 6) is 2.52. The van der Waals surface area contributed by atoms with Crippen LogP contribution in [0.5, 0.6) is 0 Å². The van der Waals surface area contributed by atoms with Crippen LogP contribution in [0, 0.1) is 17.8 Å². The number of thiophene rings is 1. The molecule has 2 aliphatic rings. The van der Waals surface area contributed by atoms with E-state index >= 15 is 0 Å². The molecule has 3 N–H and O–H groups in total. The number of aliphatic hydroxyl groups excluding tert-OH is 1. The van der Waals surface area contributed by atoms with Gasteiger partial charge in [-0.05, 0) is 48.5 Å². The monoisotopic (exact) mass is 237 g/mol. The maximum Gasteiger partial charge on any atom is 0.0657 e. The van der Waals surface area contributed by atoms with Crippen LogP contribution in [0.25, 0.3) is 0 Å². The number of fused-ring (bicyclic) bond motifs is 1. The van der Waals surface area contributed by atoms with Gasteiger partial charge in [-0.3, -0.25) is 0 Å². The van der Waals surface area contributed by atoms with Crippen molar-refractivity contribution in [2.45, 2.75) is 31.3 Å². The number of aliphatic hydroxyl groups is 1. The van der Waals surface area contributed by atoms with Crippen LogP contribution in [0.1, 0.15) is 30.1 Å². The fourth-order valence-corrected chi connectivity index (χ4v) is 4.18. The summed E-state index contributed by atoms with van der Waals surface area (Å²) in [6, 6.07) is 4.14. The van der Waals surface area contributed by atoms with Gasteiger partial charge in [0.1, 0.15) is 0 Å². The summed E-state index contributed by atoms with van der Waals surface area (Å²) >= 11 is 1.71. The molecule has 1 aromatic heterocycles. The number of rotatable bonds is 4. The molecule has 0 spiro atoms. The highest BCUT2D eigenvalue weighted by Gasteiger charge is 2.48. The lowest BCUT2D eigenvalue weighted by Gasteiger charge is -2.26. The standard InChI is InChI=1S/C13H19NOS/c14-7-11(12-2-1-3-16-12)13(15)10-5-8-4-9(8)6-10/h1-3,8-11,13,15H,4-7,14H2. The van der Waals surface area contributed by atoms with Crippen LogP contribution in [0.3, 0.4) is 0 Å². The Hall–Kier alpha value is -0.380. The molecule has 2 saturated carbocycles. The van der Waals surface area contributed by atoms with Crippen molar-refractivity contribution in [3.05, 3.63) is 22.4 Å². The van der Waals surface area contributed by atoms with E-state index in [1.54, 1.807) is 11.3 Å². The highest BCUT2D eigenvalue weighted by Crippen LogP contribution is 2.56. The Kier molecular flexibility index (Phi) is 2.78. The lowest BCUT2D eigenvalue weighted by Crippen LogP contribution is -2.31. The molecule has 0 saturated heterocycles. The molecule has 4 unspecified atom stereocenters. The first kappa shape index (κ1) is 10.8. The smallest absolute Gasteiger partial charge is 0.0657 e. The molecule has 3 rings (SSSR count). The van der Waals surface area contributed by atoms with Gasteiger partial charge in [-0.2, -0.15) is 0 Å². The molecule has 16 heavy (non-hydrogen) atoms. The summed E-state index contributed by atoms with van der Waals surface area (Å²) in [5, 5.41) is 12.5. The maximum absolute atomic E-state index is 10.4. The van der Waals surface area contributed by atoms with E-state index in [-0.39, 0.29) is 12.0 Å². The van der Waals surface area contributed by atoms with Crippen molar-refractivity contribution in [3.63, 3.8) is 0 Å². The van der Waals surface area contributed by atoms with Crippen molar-refractivity contribution in [1.29, 1.82) is 0 Å². The van der Waals surface area contributed by atoms with E-state index in [0.717, 1.165) is 11.8 Å². The Balaban J connectivity index is 1.69. The van der Waals surface area contributed by atoms with Crippen molar-refractivity contribution in [1.82, 2.24) is 0 Å². The van der Waals surface area contributed by atoms with Gasteiger partial charge in [0.15, 0.2) is 0 Å². The van der Waals surface area contributed by atoms with Gasteiger partial charge >= 0.3 is 0 Å². The minimum atomic E-state index is -0.226. The predicted octanol–water partition coefficient (Wildman–Crippen LogP) is 2.20. The molecule has 0 amide bonds. The molecule has 0 aromatic carbocycles. The van der Waals surface area contributed by atoms with E-state index in [0.29, 0.717) is 12.5 Å². The van der Waals surface area contributed by atoms with Crippen LogP contribution < -0.4 is 5.73 Å². The van der Waals surface area contributed by atoms with Gasteiger partial charge in [-0.15, -0.1) is 11.3 Å². The molecule has 2 aliphatic carbocycles. The normalized spacial score (nSPS) is 35.8. The minimum Gasteiger partial charge on any atom is -0.392 e. The van der Waals surface area contributed by atoms with Gasteiger partial charge in [0, 0.05) is 17.3 Å². The molecule has 1 heterocycles. The minimum absolute atomic E-state index is 0.155. The average Bonchev–Trinajstić information content (AvgIpc) is 2.75. The largest absolute Gasteiger partial charge is 0.392 e. The molecule has 0 aliphatic heterocycles. The zero-order chi connectivity index (χ0) is 11.1. The van der Waals surface area contributed by atoms with Crippen LogP contribution in [-0.2, 0) is 0 Å². The highest BCUT2D eigenvalue weighted by atomic mass is 32.1. The SMILES string of the molecule is NCC(c1cccs1)C(O)C1CC2CC2C1. The first-order valence-corrected chi connectivity index (χ1v) is 7.09. The molecular formula is C13H19NOS. The summed E-state index contributed by atoms with van der Waals surface area (Å²) in [7, 11) is 0. The van der Waals surface area contributed by atoms with E-state index in [2.05, 4.69) is 11.4 Å². The van der Waals surface area contributed by atoms with Crippen molar-refractivity contribution < 1.29 is 5.11 Å². The predicted molar refractivity (Wildman–Crippen MR) is 66.4 cm³/mol. The number of hydrogen-bond acceptors (Lipinski definition) is 3. The lowest BCUT2D eigenvalue weighted by atomic mass is 9.86. The third-order valence-electron chi connectivity index (χ3n) is 4.34. The van der Waals surface area contributed by atoms with E-state index in [1.165, 1.54) is 24.1 Å². The first-order valence-electron chi connectivity index (χ1n) is 6.21. The Bertz CT molecular complexity index is 341. The fourth-order valence-electron chi connectivity index (χ4n) is 3.30. The van der Waals surface area contributed by atoms with Crippen molar-refractivity contribution in [2.24, 2.45) is 23.5 Å². The molecule has 3 heteroatoms. The fraction of sp³-hybridized carbons (Fsp3) is 0.692. The average molecular weight is 237 g/mol. The maximum atomic E-state index is 10.4. The Morgan fingerprint density at radius 1 is 1.38 bits per heavy atom. The topological polar surface area (TPSA) is 46.2 Å². The summed E-state index contributed by atoms with van der Waals surface area (Å²) in [6.45, 7) is 0.563. The Morgan fingerprint density at radius 3 is 2.69 bits per heavy atom. The molecule has 2 fully saturated rings. The van der Waals surface area contributed by atoms with Gasteiger partial charge in [0.25, 0.3) is 0 Å². The zero-order valence-corrected chi connectivity index (χ0v) is 10.2. The number of hydrogen-bond donors (Lipinski definition) is 2. The third kappa shape index (κ3) is 1.81. The van der Waals surface area contributed by atoms with Crippen LogP contribution in [0.15, 0.2) is 17.5 Å². The van der Waals surface area contributed by atoms with Gasteiger partial charge in [-0.25, -0.2) is 0 Å². The second-order valence-electron chi connectivity index (χ2n) is 5.34. The molecule has 2 nitrogen and oxygen atoms in total. The zero-order valence-electron chi connectivity index (χ0n) is 9.38. The van der Waals surface area contributed by atoms with E-state index < -0.39 is 0 Å². The molecule has 0 radical (unpaired) electrons. The molecule has 4 atom stereocenters. The molecular weight excluding hydrogens is 218 g/mol. The quantitative estimate of drug-likeness (QED) is 0.843. The first-order chi connectivity index (χ1) is 7.79. The summed E-state index contributed by atoms with van der Waals surface area (Å²) < 4.78 is 0. The Morgan fingerprint density at radius 2 is 2.12 bits per heavy atom. The van der Waals surface area contributed by atoms with E-state index in [9.17, 15) is 5.11 Å². The van der Waals surface area contributed by atoms with Crippen LogP contribution in [0.4, 0.5) is 0 Å². The summed E-state index contributed by atoms with van der Waals surface area (Å²) in [6.07, 6.45) is 3.65. The van der Waals surface area contributed by atoms with Crippen molar-refractivity contribution in [2.75, 3.05) is 6.54 Å². The van der Waals surface area contributed by atoms with Gasteiger partial charge in [0.05, 0.1) is 6.10 Å². The van der Waals surface area contributed by atoms with Gasteiger partial charge in [0.2, 0.25) is 0 Å². The Labute approximate surface area is 100 Å². The summed E-state index contributed by atoms with van der Waals surface area (Å²) in [5.41, 5.74) is 5.83. The van der Waals surface area contributed by atoms with Crippen LogP contribution in [-0.4, -0.2) is 17.8 Å². The molecule has 0 bridgehead atoms. The molecule has 88 valence electrons. The highest BCUT2D eigenvalue weighted by molar-refractivity contribution is 7.10. The van der Waals surface area contributed by atoms with Crippen LogP contribution in [0.2, 0.25) is 0 Å². The van der Waals surface area contributed by atoms with Crippen LogP contribution >= 0.6 is 11.3 Å². The molecule has 1 aromatic rings. The van der Waals surface area contributed by atoms with Gasteiger partial charge < -0.3 is 10.8 Å².